The minimum Gasteiger partial charge on any atom is -0.493 e. The lowest BCUT2D eigenvalue weighted by atomic mass is 10.1. The molecule has 0 amide bonds. The summed E-state index contributed by atoms with van der Waals surface area (Å²) in [6.07, 6.45) is 1.41. The highest BCUT2D eigenvalue weighted by Crippen LogP contribution is 2.33. The zero-order valence-electron chi connectivity index (χ0n) is 13.6. The van der Waals surface area contributed by atoms with Crippen LogP contribution < -0.4 is 10.5 Å². The van der Waals surface area contributed by atoms with Crippen molar-refractivity contribution < 1.29 is 13.2 Å². The first-order valence-corrected chi connectivity index (χ1v) is 9.38. The molecule has 5 nitrogen and oxygen atoms in total. The average Bonchev–Trinajstić information content (AvgIpc) is 2.55. The van der Waals surface area contributed by atoms with Crippen LogP contribution in [0.2, 0.25) is 0 Å². The van der Waals surface area contributed by atoms with E-state index in [-0.39, 0.29) is 18.4 Å². The van der Waals surface area contributed by atoms with E-state index in [9.17, 15) is 8.42 Å². The molecule has 2 aromatic carbocycles. The zero-order chi connectivity index (χ0) is 16.4. The van der Waals surface area contributed by atoms with Gasteiger partial charge in [0.2, 0.25) is 10.0 Å². The van der Waals surface area contributed by atoms with Gasteiger partial charge in [-0.15, -0.1) is 12.4 Å². The molecule has 1 saturated heterocycles. The van der Waals surface area contributed by atoms with Gasteiger partial charge in [-0.05, 0) is 31.9 Å². The maximum absolute atomic E-state index is 13.0. The first kappa shape index (κ1) is 19.0. The minimum atomic E-state index is -3.52. The molecule has 1 aliphatic rings. The molecule has 1 heterocycles. The van der Waals surface area contributed by atoms with Crippen LogP contribution in [0.25, 0.3) is 10.8 Å². The lowest BCUT2D eigenvalue weighted by molar-refractivity contribution is 0.320. The van der Waals surface area contributed by atoms with Crippen molar-refractivity contribution in [1.82, 2.24) is 4.31 Å². The summed E-state index contributed by atoms with van der Waals surface area (Å²) in [6, 6.07) is 11.0. The van der Waals surface area contributed by atoms with Crippen molar-refractivity contribution in [3.8, 4) is 5.75 Å². The van der Waals surface area contributed by atoms with Gasteiger partial charge in [0.15, 0.2) is 0 Å². The largest absolute Gasteiger partial charge is 0.493 e. The molecule has 2 N–H and O–H groups in total. The average molecular weight is 371 g/mol. The van der Waals surface area contributed by atoms with E-state index in [1.165, 1.54) is 0 Å². The van der Waals surface area contributed by atoms with Crippen molar-refractivity contribution in [3.63, 3.8) is 0 Å². The van der Waals surface area contributed by atoms with Crippen molar-refractivity contribution in [2.24, 2.45) is 5.73 Å². The Balaban J connectivity index is 0.00000208. The number of fused-ring (bicyclic) bond motifs is 1. The van der Waals surface area contributed by atoms with Crippen LogP contribution in [0.15, 0.2) is 41.3 Å². The summed E-state index contributed by atoms with van der Waals surface area (Å²) in [7, 11) is -3.52. The highest BCUT2D eigenvalue weighted by molar-refractivity contribution is 7.89. The number of ether oxygens (including phenoxy) is 1. The predicted molar refractivity (Wildman–Crippen MR) is 98.3 cm³/mol. The molecule has 2 aromatic rings. The van der Waals surface area contributed by atoms with Gasteiger partial charge in [-0.3, -0.25) is 0 Å². The number of nitrogens with two attached hydrogens (primary N) is 1. The van der Waals surface area contributed by atoms with E-state index in [0.29, 0.717) is 48.6 Å². The fourth-order valence-electron chi connectivity index (χ4n) is 3.01. The number of sulfonamides is 1. The first-order chi connectivity index (χ1) is 11.0. The Labute approximate surface area is 149 Å². The van der Waals surface area contributed by atoms with Gasteiger partial charge < -0.3 is 10.5 Å². The second-order valence-electron chi connectivity index (χ2n) is 5.78. The Hall–Kier alpha value is -1.34. The number of hydrogen-bond donors (Lipinski definition) is 1. The van der Waals surface area contributed by atoms with Crippen molar-refractivity contribution in [2.75, 3.05) is 19.7 Å². The van der Waals surface area contributed by atoms with Gasteiger partial charge in [-0.1, -0.05) is 24.3 Å². The van der Waals surface area contributed by atoms with Crippen LogP contribution in [0.4, 0.5) is 0 Å². The van der Waals surface area contributed by atoms with Gasteiger partial charge in [0, 0.05) is 29.9 Å². The topological polar surface area (TPSA) is 72.6 Å². The van der Waals surface area contributed by atoms with E-state index < -0.39 is 10.0 Å². The third kappa shape index (κ3) is 3.52. The zero-order valence-corrected chi connectivity index (χ0v) is 15.3. The molecule has 1 aliphatic heterocycles. The SMILES string of the molecule is CCOc1ccc(S(=O)(=O)N2CCC(N)CC2)c2ccccc12.Cl. The van der Waals surface area contributed by atoms with E-state index in [0.717, 1.165) is 5.39 Å². The minimum absolute atomic E-state index is 0. The maximum atomic E-state index is 13.0. The van der Waals surface area contributed by atoms with Crippen LogP contribution in [0, 0.1) is 0 Å². The van der Waals surface area contributed by atoms with Crippen molar-refractivity contribution in [1.29, 1.82) is 0 Å². The highest BCUT2D eigenvalue weighted by Gasteiger charge is 2.29. The van der Waals surface area contributed by atoms with Gasteiger partial charge in [0.25, 0.3) is 0 Å². The van der Waals surface area contributed by atoms with Crippen LogP contribution in [0.5, 0.6) is 5.75 Å². The summed E-state index contributed by atoms with van der Waals surface area (Å²) >= 11 is 0. The van der Waals surface area contributed by atoms with Crippen LogP contribution >= 0.6 is 12.4 Å². The fourth-order valence-corrected chi connectivity index (χ4v) is 4.67. The van der Waals surface area contributed by atoms with Gasteiger partial charge in [-0.25, -0.2) is 8.42 Å². The molecule has 0 bridgehead atoms. The van der Waals surface area contributed by atoms with Gasteiger partial charge in [0.1, 0.15) is 5.75 Å². The summed E-state index contributed by atoms with van der Waals surface area (Å²) in [5, 5.41) is 1.53. The van der Waals surface area contributed by atoms with E-state index in [1.807, 2.05) is 31.2 Å². The Morgan fingerprint density at radius 2 is 1.75 bits per heavy atom. The summed E-state index contributed by atoms with van der Waals surface area (Å²) in [5.74, 6) is 0.711. The van der Waals surface area contributed by atoms with Gasteiger partial charge >= 0.3 is 0 Å². The normalized spacial score (nSPS) is 16.8. The molecule has 0 saturated carbocycles. The lowest BCUT2D eigenvalue weighted by Gasteiger charge is -2.29. The molecular weight excluding hydrogens is 348 g/mol. The standard InChI is InChI=1S/C17H22N2O3S.ClH/c1-2-22-16-7-8-17(15-6-4-3-5-14(15)16)23(20,21)19-11-9-13(18)10-12-19;/h3-8,13H,2,9-12,18H2,1H3;1H. The summed E-state index contributed by atoms with van der Waals surface area (Å²) < 4.78 is 33.2. The van der Waals surface area contributed by atoms with E-state index in [2.05, 4.69) is 0 Å². The molecule has 1 fully saturated rings. The molecule has 0 atom stereocenters. The molecule has 3 rings (SSSR count). The van der Waals surface area contributed by atoms with Crippen LogP contribution in [0.1, 0.15) is 19.8 Å². The fraction of sp³-hybridized carbons (Fsp3) is 0.412. The molecule has 0 aromatic heterocycles. The Morgan fingerprint density at radius 3 is 2.38 bits per heavy atom. The Kier molecular flexibility index (Phi) is 6.09. The molecule has 0 radical (unpaired) electrons. The lowest BCUT2D eigenvalue weighted by Crippen LogP contribution is -2.42. The quantitative estimate of drug-likeness (QED) is 0.898. The first-order valence-electron chi connectivity index (χ1n) is 7.94. The number of rotatable bonds is 4. The summed E-state index contributed by atoms with van der Waals surface area (Å²) in [5.41, 5.74) is 5.88. The molecule has 24 heavy (non-hydrogen) atoms. The number of hydrogen-bond acceptors (Lipinski definition) is 4. The molecule has 7 heteroatoms. The van der Waals surface area contributed by atoms with Crippen molar-refractivity contribution in [3.05, 3.63) is 36.4 Å². The van der Waals surface area contributed by atoms with E-state index in [1.54, 1.807) is 16.4 Å². The number of piperidine rings is 1. The van der Waals surface area contributed by atoms with Crippen molar-refractivity contribution >= 4 is 33.2 Å². The monoisotopic (exact) mass is 370 g/mol. The molecule has 0 aliphatic carbocycles. The van der Waals surface area contributed by atoms with Gasteiger partial charge in [0.05, 0.1) is 11.5 Å². The third-order valence-corrected chi connectivity index (χ3v) is 6.22. The van der Waals surface area contributed by atoms with Crippen LogP contribution in [-0.2, 0) is 10.0 Å². The van der Waals surface area contributed by atoms with E-state index >= 15 is 0 Å². The Morgan fingerprint density at radius 1 is 1.12 bits per heavy atom. The van der Waals surface area contributed by atoms with Gasteiger partial charge in [-0.2, -0.15) is 4.31 Å². The van der Waals surface area contributed by atoms with Crippen LogP contribution in [-0.4, -0.2) is 38.5 Å². The van der Waals surface area contributed by atoms with Crippen molar-refractivity contribution in [2.45, 2.75) is 30.7 Å². The van der Waals surface area contributed by atoms with E-state index in [4.69, 9.17) is 10.5 Å². The number of halogens is 1. The second-order valence-corrected chi connectivity index (χ2v) is 7.69. The summed E-state index contributed by atoms with van der Waals surface area (Å²) in [6.45, 7) is 3.41. The second kappa shape index (κ2) is 7.70. The number of nitrogens with zero attached hydrogens (tertiary/aromatic N) is 1. The highest BCUT2D eigenvalue weighted by atomic mass is 35.5. The Bertz CT molecular complexity index is 803. The third-order valence-electron chi connectivity index (χ3n) is 4.26. The number of benzene rings is 2. The predicted octanol–water partition coefficient (Wildman–Crippen LogP) is 2.77. The maximum Gasteiger partial charge on any atom is 0.243 e. The van der Waals surface area contributed by atoms with Crippen LogP contribution in [0.3, 0.4) is 0 Å². The molecular formula is C17H23ClN2O3S. The summed E-state index contributed by atoms with van der Waals surface area (Å²) in [4.78, 5) is 0.340. The molecule has 0 unspecified atom stereocenters. The molecule has 132 valence electrons. The molecule has 0 spiro atoms. The smallest absolute Gasteiger partial charge is 0.243 e.